The largest absolute Gasteiger partial charge is 0.420 e. The average Bonchev–Trinajstić information content (AvgIpc) is 3.35. The van der Waals surface area contributed by atoms with Gasteiger partial charge in [0, 0.05) is 29.7 Å². The standard InChI is InChI=1S/C25H24FN5O3S/c26-17-9-5-15(6-10-17)23-30-31-24(34-23)16-7-11-18(12-8-16)27-21(32)13-14-35-25-28-20-4-2-1-3-19(20)22(33)29-25/h1-6,9-10,16,18H,7-8,11-14H2,(H,27,32)(H,28,29,33)/t16-,18-. The third-order valence-electron chi connectivity index (χ3n) is 6.13. The highest BCUT2D eigenvalue weighted by atomic mass is 32.2. The van der Waals surface area contributed by atoms with Crippen LogP contribution in [-0.2, 0) is 4.79 Å². The maximum Gasteiger partial charge on any atom is 0.259 e. The molecule has 4 aromatic rings. The van der Waals surface area contributed by atoms with Crippen LogP contribution in [0.1, 0.15) is 43.9 Å². The molecule has 180 valence electrons. The molecule has 0 atom stereocenters. The Morgan fingerprint density at radius 1 is 1.09 bits per heavy atom. The summed E-state index contributed by atoms with van der Waals surface area (Å²) in [6.07, 6.45) is 3.68. The number of thioether (sulfide) groups is 1. The normalized spacial score (nSPS) is 18.0. The van der Waals surface area contributed by atoms with Crippen LogP contribution in [0.25, 0.3) is 22.4 Å². The third kappa shape index (κ3) is 5.59. The number of aromatic nitrogens is 4. The van der Waals surface area contributed by atoms with E-state index in [9.17, 15) is 14.0 Å². The van der Waals surface area contributed by atoms with E-state index in [-0.39, 0.29) is 29.2 Å². The van der Waals surface area contributed by atoms with Gasteiger partial charge in [-0.25, -0.2) is 9.37 Å². The van der Waals surface area contributed by atoms with Crippen LogP contribution in [0, 0.1) is 5.82 Å². The van der Waals surface area contributed by atoms with Gasteiger partial charge in [-0.1, -0.05) is 23.9 Å². The number of H-pyrrole nitrogens is 1. The van der Waals surface area contributed by atoms with Gasteiger partial charge < -0.3 is 14.7 Å². The van der Waals surface area contributed by atoms with Gasteiger partial charge >= 0.3 is 0 Å². The number of carbonyl (C=O) groups excluding carboxylic acids is 1. The number of benzene rings is 2. The van der Waals surface area contributed by atoms with Crippen LogP contribution in [-0.4, -0.2) is 37.9 Å². The van der Waals surface area contributed by atoms with E-state index >= 15 is 0 Å². The molecule has 2 aromatic carbocycles. The Labute approximate surface area is 204 Å². The molecule has 0 aliphatic heterocycles. The number of para-hydroxylation sites is 1. The molecule has 1 fully saturated rings. The third-order valence-corrected chi connectivity index (χ3v) is 7.01. The summed E-state index contributed by atoms with van der Waals surface area (Å²) in [6.45, 7) is 0. The number of rotatable bonds is 7. The number of amides is 1. The zero-order valence-electron chi connectivity index (χ0n) is 18.9. The lowest BCUT2D eigenvalue weighted by atomic mass is 9.86. The number of aromatic amines is 1. The zero-order chi connectivity index (χ0) is 24.2. The van der Waals surface area contributed by atoms with E-state index in [1.54, 1.807) is 30.3 Å². The molecule has 1 aliphatic carbocycles. The van der Waals surface area contributed by atoms with Crippen LogP contribution in [0.2, 0.25) is 0 Å². The molecule has 2 N–H and O–H groups in total. The number of halogens is 1. The van der Waals surface area contributed by atoms with E-state index in [1.807, 2.05) is 6.07 Å². The topological polar surface area (TPSA) is 114 Å². The molecule has 8 nitrogen and oxygen atoms in total. The van der Waals surface area contributed by atoms with E-state index in [2.05, 4.69) is 25.5 Å². The van der Waals surface area contributed by atoms with E-state index in [4.69, 9.17) is 4.42 Å². The molecule has 2 heterocycles. The molecular formula is C25H24FN5O3S. The molecule has 1 saturated carbocycles. The van der Waals surface area contributed by atoms with E-state index in [1.165, 1.54) is 23.9 Å². The molecule has 5 rings (SSSR count). The summed E-state index contributed by atoms with van der Waals surface area (Å²) in [6, 6.07) is 13.3. The van der Waals surface area contributed by atoms with E-state index in [0.717, 1.165) is 25.7 Å². The highest BCUT2D eigenvalue weighted by Crippen LogP contribution is 2.33. The first-order chi connectivity index (χ1) is 17.0. The minimum atomic E-state index is -0.312. The summed E-state index contributed by atoms with van der Waals surface area (Å²) < 4.78 is 19.0. The van der Waals surface area contributed by atoms with Crippen LogP contribution in [0.5, 0.6) is 0 Å². The minimum Gasteiger partial charge on any atom is -0.420 e. The van der Waals surface area contributed by atoms with Gasteiger partial charge in [0.25, 0.3) is 5.56 Å². The molecule has 35 heavy (non-hydrogen) atoms. The number of hydrogen-bond donors (Lipinski definition) is 2. The number of nitrogens with one attached hydrogen (secondary N) is 2. The van der Waals surface area contributed by atoms with Gasteiger partial charge in [-0.3, -0.25) is 9.59 Å². The first-order valence-electron chi connectivity index (χ1n) is 11.6. The van der Waals surface area contributed by atoms with Crippen molar-refractivity contribution in [2.24, 2.45) is 0 Å². The average molecular weight is 494 g/mol. The molecule has 10 heteroatoms. The van der Waals surface area contributed by atoms with Crippen molar-refractivity contribution < 1.29 is 13.6 Å². The van der Waals surface area contributed by atoms with Gasteiger partial charge in [-0.05, 0) is 62.1 Å². The van der Waals surface area contributed by atoms with Crippen LogP contribution in [0.4, 0.5) is 4.39 Å². The summed E-state index contributed by atoms with van der Waals surface area (Å²) in [7, 11) is 0. The second-order valence-electron chi connectivity index (χ2n) is 8.56. The highest BCUT2D eigenvalue weighted by molar-refractivity contribution is 7.99. The van der Waals surface area contributed by atoms with Crippen molar-refractivity contribution in [1.29, 1.82) is 0 Å². The van der Waals surface area contributed by atoms with Gasteiger partial charge in [0.2, 0.25) is 17.7 Å². The van der Waals surface area contributed by atoms with E-state index < -0.39 is 0 Å². The molecule has 2 aromatic heterocycles. The Morgan fingerprint density at radius 3 is 2.66 bits per heavy atom. The van der Waals surface area contributed by atoms with Crippen molar-refractivity contribution in [2.45, 2.75) is 49.2 Å². The number of hydrogen-bond acceptors (Lipinski definition) is 7. The van der Waals surface area contributed by atoms with Gasteiger partial charge in [-0.2, -0.15) is 0 Å². The fraction of sp³-hybridized carbons (Fsp3) is 0.320. The van der Waals surface area contributed by atoms with Crippen LogP contribution in [0.15, 0.2) is 62.9 Å². The summed E-state index contributed by atoms with van der Waals surface area (Å²) in [5.74, 6) is 1.32. The van der Waals surface area contributed by atoms with Crippen molar-refractivity contribution in [1.82, 2.24) is 25.5 Å². The molecule has 0 spiro atoms. The van der Waals surface area contributed by atoms with E-state index in [0.29, 0.717) is 45.6 Å². The summed E-state index contributed by atoms with van der Waals surface area (Å²) in [5.41, 5.74) is 1.16. The molecule has 0 radical (unpaired) electrons. The number of fused-ring (bicyclic) bond motifs is 1. The van der Waals surface area contributed by atoms with Crippen LogP contribution in [0.3, 0.4) is 0 Å². The smallest absolute Gasteiger partial charge is 0.259 e. The lowest BCUT2D eigenvalue weighted by Crippen LogP contribution is -2.37. The summed E-state index contributed by atoms with van der Waals surface area (Å²) in [4.78, 5) is 31.8. The zero-order valence-corrected chi connectivity index (χ0v) is 19.7. The number of nitrogens with zero attached hydrogens (tertiary/aromatic N) is 3. The second kappa shape index (κ2) is 10.4. The first kappa shape index (κ1) is 23.2. The van der Waals surface area contributed by atoms with Crippen molar-refractivity contribution in [2.75, 3.05) is 5.75 Å². The Hall–Kier alpha value is -3.53. The lowest BCUT2D eigenvalue weighted by molar-refractivity contribution is -0.121. The fourth-order valence-electron chi connectivity index (χ4n) is 4.27. The molecular weight excluding hydrogens is 469 g/mol. The molecule has 1 aliphatic rings. The Bertz CT molecular complexity index is 1380. The van der Waals surface area contributed by atoms with Crippen molar-refractivity contribution >= 4 is 28.6 Å². The van der Waals surface area contributed by atoms with Crippen molar-refractivity contribution in [3.05, 3.63) is 70.6 Å². The Morgan fingerprint density at radius 2 is 1.86 bits per heavy atom. The second-order valence-corrected chi connectivity index (χ2v) is 9.64. The lowest BCUT2D eigenvalue weighted by Gasteiger charge is -2.27. The maximum absolute atomic E-state index is 13.1. The first-order valence-corrected chi connectivity index (χ1v) is 12.5. The Kier molecular flexibility index (Phi) is 6.89. The van der Waals surface area contributed by atoms with Gasteiger partial charge in [0.05, 0.1) is 10.9 Å². The summed E-state index contributed by atoms with van der Waals surface area (Å²) >= 11 is 1.36. The van der Waals surface area contributed by atoms with Crippen molar-refractivity contribution in [3.63, 3.8) is 0 Å². The summed E-state index contributed by atoms with van der Waals surface area (Å²) in [5, 5.41) is 12.5. The SMILES string of the molecule is O=C(CCSc1nc2ccccc2c(=O)[nH]1)N[C@H]1CC[C@H](c2nnc(-c3ccc(F)cc3)o2)CC1. The predicted octanol–water partition coefficient (Wildman–Crippen LogP) is 4.44. The molecule has 0 unspecified atom stereocenters. The Balaban J connectivity index is 1.07. The van der Waals surface area contributed by atoms with Gasteiger partial charge in [-0.15, -0.1) is 10.2 Å². The van der Waals surface area contributed by atoms with Gasteiger partial charge in [0.1, 0.15) is 5.82 Å². The predicted molar refractivity (Wildman–Crippen MR) is 131 cm³/mol. The molecule has 0 saturated heterocycles. The monoisotopic (exact) mass is 493 g/mol. The molecule has 0 bridgehead atoms. The van der Waals surface area contributed by atoms with Crippen LogP contribution >= 0.6 is 11.8 Å². The highest BCUT2D eigenvalue weighted by Gasteiger charge is 2.27. The van der Waals surface area contributed by atoms with Crippen LogP contribution < -0.4 is 10.9 Å². The van der Waals surface area contributed by atoms with Gasteiger partial charge in [0.15, 0.2) is 5.16 Å². The maximum atomic E-state index is 13.1. The number of carbonyl (C=O) groups is 1. The van der Waals surface area contributed by atoms with Crippen molar-refractivity contribution in [3.8, 4) is 11.5 Å². The quantitative estimate of drug-likeness (QED) is 0.289. The fourth-order valence-corrected chi connectivity index (χ4v) is 5.08. The molecule has 1 amide bonds. The minimum absolute atomic E-state index is 0.0135.